The van der Waals surface area contributed by atoms with Crippen LogP contribution in [-0.2, 0) is 19.1 Å². The van der Waals surface area contributed by atoms with Crippen LogP contribution in [0.4, 0.5) is 0 Å². The third-order valence-corrected chi connectivity index (χ3v) is 3.07. The van der Waals surface area contributed by atoms with Gasteiger partial charge in [0.25, 0.3) is 0 Å². The van der Waals surface area contributed by atoms with Gasteiger partial charge in [-0.2, -0.15) is 0 Å². The van der Waals surface area contributed by atoms with Crippen LogP contribution in [0.2, 0.25) is 0 Å². The molecule has 4 heteroatoms. The molecule has 0 spiro atoms. The smallest absolute Gasteiger partial charge is 0.312 e. The normalized spacial score (nSPS) is 16.1. The van der Waals surface area contributed by atoms with Crippen LogP contribution in [0.25, 0.3) is 0 Å². The molecule has 0 saturated carbocycles. The molecule has 0 N–H and O–H groups in total. The first-order valence-corrected chi connectivity index (χ1v) is 5.77. The van der Waals surface area contributed by atoms with Crippen LogP contribution in [-0.4, -0.2) is 25.2 Å². The topological polar surface area (TPSA) is 52.6 Å². The van der Waals surface area contributed by atoms with E-state index in [1.54, 1.807) is 27.7 Å². The first-order valence-electron chi connectivity index (χ1n) is 5.77. The minimum Gasteiger partial charge on any atom is -0.466 e. The summed E-state index contributed by atoms with van der Waals surface area (Å²) in [4.78, 5) is 23.4. The van der Waals surface area contributed by atoms with Crippen LogP contribution < -0.4 is 0 Å². The second-order valence-electron chi connectivity index (χ2n) is 3.97. The van der Waals surface area contributed by atoms with Crippen molar-refractivity contribution >= 4 is 11.9 Å². The zero-order chi connectivity index (χ0) is 12.8. The average Bonchev–Trinajstić information content (AvgIpc) is 2.27. The van der Waals surface area contributed by atoms with Crippen molar-refractivity contribution in [3.63, 3.8) is 0 Å². The van der Waals surface area contributed by atoms with Crippen molar-refractivity contribution in [2.24, 2.45) is 11.3 Å². The molecule has 2 unspecified atom stereocenters. The van der Waals surface area contributed by atoms with E-state index >= 15 is 0 Å². The minimum atomic E-state index is -0.803. The highest BCUT2D eigenvalue weighted by Gasteiger charge is 2.43. The Kier molecular flexibility index (Phi) is 6.08. The molecule has 0 saturated heterocycles. The van der Waals surface area contributed by atoms with E-state index in [2.05, 4.69) is 0 Å². The van der Waals surface area contributed by atoms with Crippen molar-refractivity contribution in [2.75, 3.05) is 13.2 Å². The summed E-state index contributed by atoms with van der Waals surface area (Å²) >= 11 is 0. The van der Waals surface area contributed by atoms with E-state index in [1.807, 2.05) is 6.92 Å². The maximum Gasteiger partial charge on any atom is 0.312 e. The summed E-state index contributed by atoms with van der Waals surface area (Å²) in [5.41, 5.74) is -0.803. The fourth-order valence-electron chi connectivity index (χ4n) is 1.45. The molecule has 0 heterocycles. The summed E-state index contributed by atoms with van der Waals surface area (Å²) in [5, 5.41) is 0. The molecule has 0 aliphatic rings. The monoisotopic (exact) mass is 230 g/mol. The number of carbonyl (C=O) groups excluding carboxylic acids is 2. The number of rotatable bonds is 6. The number of hydrogen-bond acceptors (Lipinski definition) is 4. The molecule has 0 aromatic rings. The van der Waals surface area contributed by atoms with Crippen LogP contribution in [0.5, 0.6) is 0 Å². The molecule has 0 amide bonds. The molecule has 4 nitrogen and oxygen atoms in total. The van der Waals surface area contributed by atoms with Gasteiger partial charge in [0, 0.05) is 0 Å². The van der Waals surface area contributed by atoms with Gasteiger partial charge in [-0.3, -0.25) is 9.59 Å². The van der Waals surface area contributed by atoms with Crippen LogP contribution in [0, 0.1) is 11.3 Å². The standard InChI is InChI=1S/C12H22O4/c1-6-12(5,11(14)16-8-3)9(4)10(13)15-7-2/h9H,6-8H2,1-5H3. The zero-order valence-electron chi connectivity index (χ0n) is 10.8. The van der Waals surface area contributed by atoms with Crippen LogP contribution in [0.1, 0.15) is 41.0 Å². The summed E-state index contributed by atoms with van der Waals surface area (Å²) in [6.45, 7) is 9.47. The fourth-order valence-corrected chi connectivity index (χ4v) is 1.45. The van der Waals surface area contributed by atoms with E-state index in [-0.39, 0.29) is 11.9 Å². The highest BCUT2D eigenvalue weighted by molar-refractivity contribution is 5.84. The molecule has 0 bridgehead atoms. The molecule has 16 heavy (non-hydrogen) atoms. The zero-order valence-corrected chi connectivity index (χ0v) is 10.8. The van der Waals surface area contributed by atoms with E-state index < -0.39 is 11.3 Å². The highest BCUT2D eigenvalue weighted by atomic mass is 16.5. The molecule has 0 rings (SSSR count). The van der Waals surface area contributed by atoms with E-state index in [0.717, 1.165) is 0 Å². The van der Waals surface area contributed by atoms with E-state index in [9.17, 15) is 9.59 Å². The lowest BCUT2D eigenvalue weighted by atomic mass is 9.76. The van der Waals surface area contributed by atoms with Crippen molar-refractivity contribution in [2.45, 2.75) is 41.0 Å². The van der Waals surface area contributed by atoms with Crippen molar-refractivity contribution < 1.29 is 19.1 Å². The maximum atomic E-state index is 11.8. The van der Waals surface area contributed by atoms with Crippen molar-refractivity contribution in [3.05, 3.63) is 0 Å². The van der Waals surface area contributed by atoms with Gasteiger partial charge in [0.05, 0.1) is 24.5 Å². The van der Waals surface area contributed by atoms with Gasteiger partial charge < -0.3 is 9.47 Å². The summed E-state index contributed by atoms with van der Waals surface area (Å²) in [6.07, 6.45) is 0.547. The van der Waals surface area contributed by atoms with Gasteiger partial charge >= 0.3 is 11.9 Å². The van der Waals surface area contributed by atoms with Crippen molar-refractivity contribution in [3.8, 4) is 0 Å². The summed E-state index contributed by atoms with van der Waals surface area (Å²) < 4.78 is 9.93. The Labute approximate surface area is 97.3 Å². The summed E-state index contributed by atoms with van der Waals surface area (Å²) in [7, 11) is 0. The number of carbonyl (C=O) groups is 2. The van der Waals surface area contributed by atoms with Gasteiger partial charge in [0.2, 0.25) is 0 Å². The molecule has 0 aliphatic heterocycles. The Bertz CT molecular complexity index is 249. The second kappa shape index (κ2) is 6.51. The van der Waals surface area contributed by atoms with Crippen molar-refractivity contribution in [1.82, 2.24) is 0 Å². The Morgan fingerprint density at radius 3 is 2.00 bits per heavy atom. The van der Waals surface area contributed by atoms with Crippen LogP contribution >= 0.6 is 0 Å². The Balaban J connectivity index is 4.80. The molecule has 0 fully saturated rings. The van der Waals surface area contributed by atoms with E-state index in [1.165, 1.54) is 0 Å². The van der Waals surface area contributed by atoms with Crippen LogP contribution in [0.3, 0.4) is 0 Å². The molecule has 0 radical (unpaired) electrons. The van der Waals surface area contributed by atoms with E-state index in [0.29, 0.717) is 19.6 Å². The van der Waals surface area contributed by atoms with Crippen molar-refractivity contribution in [1.29, 1.82) is 0 Å². The van der Waals surface area contributed by atoms with Gasteiger partial charge in [-0.1, -0.05) is 13.8 Å². The molecule has 2 atom stereocenters. The lowest BCUT2D eigenvalue weighted by Crippen LogP contribution is -2.40. The Hall–Kier alpha value is -1.06. The molecule has 94 valence electrons. The van der Waals surface area contributed by atoms with Gasteiger partial charge in [-0.15, -0.1) is 0 Å². The predicted molar refractivity (Wildman–Crippen MR) is 60.8 cm³/mol. The second-order valence-corrected chi connectivity index (χ2v) is 3.97. The lowest BCUT2D eigenvalue weighted by Gasteiger charge is -2.30. The Morgan fingerprint density at radius 2 is 1.62 bits per heavy atom. The molecule has 0 aromatic heterocycles. The quantitative estimate of drug-likeness (QED) is 0.656. The largest absolute Gasteiger partial charge is 0.466 e. The third kappa shape index (κ3) is 3.22. The first-order chi connectivity index (χ1) is 7.43. The maximum absolute atomic E-state index is 11.8. The van der Waals surface area contributed by atoms with Gasteiger partial charge in [-0.25, -0.2) is 0 Å². The SMILES string of the molecule is CCOC(=O)C(C)C(C)(CC)C(=O)OCC. The molecular formula is C12H22O4. The molecule has 0 aliphatic carbocycles. The van der Waals surface area contributed by atoms with Crippen LogP contribution in [0.15, 0.2) is 0 Å². The fraction of sp³-hybridized carbons (Fsp3) is 0.833. The summed E-state index contributed by atoms with van der Waals surface area (Å²) in [6, 6.07) is 0. The first kappa shape index (κ1) is 14.9. The number of hydrogen-bond donors (Lipinski definition) is 0. The average molecular weight is 230 g/mol. The van der Waals surface area contributed by atoms with E-state index in [4.69, 9.17) is 9.47 Å². The summed E-state index contributed by atoms with van der Waals surface area (Å²) in [5.74, 6) is -1.17. The minimum absolute atomic E-state index is 0.323. The van der Waals surface area contributed by atoms with Gasteiger partial charge in [-0.05, 0) is 27.2 Å². The van der Waals surface area contributed by atoms with Gasteiger partial charge in [0.1, 0.15) is 0 Å². The number of ether oxygens (including phenoxy) is 2. The lowest BCUT2D eigenvalue weighted by molar-refractivity contribution is -0.167. The predicted octanol–water partition coefficient (Wildman–Crippen LogP) is 2.17. The molecule has 0 aromatic carbocycles. The number of esters is 2. The Morgan fingerprint density at radius 1 is 1.12 bits per heavy atom. The molecular weight excluding hydrogens is 208 g/mol. The van der Waals surface area contributed by atoms with Gasteiger partial charge in [0.15, 0.2) is 0 Å². The third-order valence-electron chi connectivity index (χ3n) is 3.07. The highest BCUT2D eigenvalue weighted by Crippen LogP contribution is 2.33.